The fourth-order valence-corrected chi connectivity index (χ4v) is 6.70. The molecule has 6 aromatic rings. The van der Waals surface area contributed by atoms with Crippen LogP contribution in [0.2, 0.25) is 0 Å². The molecule has 166 valence electrons. The highest BCUT2D eigenvalue weighted by Crippen LogP contribution is 2.52. The van der Waals surface area contributed by atoms with Crippen molar-refractivity contribution in [3.8, 4) is 5.69 Å². The van der Waals surface area contributed by atoms with Crippen LogP contribution in [0.3, 0.4) is 0 Å². The summed E-state index contributed by atoms with van der Waals surface area (Å²) in [5.74, 6) is 0. The summed E-state index contributed by atoms with van der Waals surface area (Å²) in [5, 5.41) is 5.90. The Kier molecular flexibility index (Phi) is 3.71. The van der Waals surface area contributed by atoms with Crippen LogP contribution in [0.5, 0.6) is 0 Å². The van der Waals surface area contributed by atoms with Crippen molar-refractivity contribution in [2.45, 2.75) is 44.9 Å². The molecular weight excluding hydrogens is 416 g/mol. The van der Waals surface area contributed by atoms with Gasteiger partial charge in [-0.05, 0) is 46.6 Å². The second kappa shape index (κ2) is 6.41. The van der Waals surface area contributed by atoms with Crippen LogP contribution in [0.4, 0.5) is 0 Å². The van der Waals surface area contributed by atoms with Gasteiger partial charge in [-0.3, -0.25) is 15.0 Å². The van der Waals surface area contributed by atoms with E-state index >= 15 is 0 Å². The maximum Gasteiger partial charge on any atom is 0.0784 e. The Morgan fingerprint density at radius 2 is 1.35 bits per heavy atom. The van der Waals surface area contributed by atoms with Gasteiger partial charge in [-0.2, -0.15) is 0 Å². The molecular formula is C30H26N4. The number of nitrogens with zero attached hydrogens (tertiary/aromatic N) is 4. The van der Waals surface area contributed by atoms with E-state index in [9.17, 15) is 0 Å². The van der Waals surface area contributed by atoms with Gasteiger partial charge in [-0.1, -0.05) is 52.0 Å². The highest BCUT2D eigenvalue weighted by molar-refractivity contribution is 6.13. The summed E-state index contributed by atoms with van der Waals surface area (Å²) in [6, 6.07) is 15.3. The number of benzene rings is 2. The van der Waals surface area contributed by atoms with E-state index in [0.717, 1.165) is 39.4 Å². The van der Waals surface area contributed by atoms with E-state index in [2.05, 4.69) is 90.9 Å². The standard InChI is InChI=1S/C30H26N4/c1-29(2)17-30(3,4)27-20-9-8-18-19(28(20)33-16-23(27)29)6-5-7-24(18)34-25-10-12-31-14-21(25)22-15-32-13-11-26(22)34/h5-16H,17H2,1-4H3. The summed E-state index contributed by atoms with van der Waals surface area (Å²) < 4.78 is 2.34. The zero-order chi connectivity index (χ0) is 23.2. The Morgan fingerprint density at radius 1 is 0.676 bits per heavy atom. The first-order chi connectivity index (χ1) is 16.4. The fourth-order valence-electron chi connectivity index (χ4n) is 6.70. The van der Waals surface area contributed by atoms with Crippen molar-refractivity contribution in [2.75, 3.05) is 0 Å². The van der Waals surface area contributed by atoms with Crippen LogP contribution >= 0.6 is 0 Å². The van der Waals surface area contributed by atoms with E-state index in [4.69, 9.17) is 4.98 Å². The molecule has 7 rings (SSSR count). The van der Waals surface area contributed by atoms with Gasteiger partial charge in [-0.15, -0.1) is 0 Å². The Balaban J connectivity index is 1.60. The molecule has 1 aliphatic rings. The lowest BCUT2D eigenvalue weighted by Gasteiger charge is -2.23. The Bertz CT molecular complexity index is 1740. The van der Waals surface area contributed by atoms with E-state index in [-0.39, 0.29) is 10.8 Å². The van der Waals surface area contributed by atoms with E-state index in [0.29, 0.717) is 0 Å². The van der Waals surface area contributed by atoms with Crippen LogP contribution in [-0.2, 0) is 10.8 Å². The molecule has 0 amide bonds. The molecule has 4 heteroatoms. The molecule has 34 heavy (non-hydrogen) atoms. The highest BCUT2D eigenvalue weighted by atomic mass is 15.0. The van der Waals surface area contributed by atoms with Gasteiger partial charge in [0.25, 0.3) is 0 Å². The van der Waals surface area contributed by atoms with Crippen molar-refractivity contribution >= 4 is 43.5 Å². The van der Waals surface area contributed by atoms with Crippen LogP contribution in [-0.4, -0.2) is 19.5 Å². The lowest BCUT2D eigenvalue weighted by Crippen LogP contribution is -2.18. The Morgan fingerprint density at radius 3 is 2.06 bits per heavy atom. The van der Waals surface area contributed by atoms with E-state index in [1.54, 1.807) is 0 Å². The lowest BCUT2D eigenvalue weighted by atomic mass is 9.81. The predicted molar refractivity (Wildman–Crippen MR) is 140 cm³/mol. The second-order valence-corrected chi connectivity index (χ2v) is 10.9. The Hall–Kier alpha value is -3.79. The molecule has 0 unspecified atom stereocenters. The second-order valence-electron chi connectivity index (χ2n) is 10.9. The van der Waals surface area contributed by atoms with E-state index < -0.39 is 0 Å². The fraction of sp³-hybridized carbons (Fsp3) is 0.233. The molecule has 4 heterocycles. The van der Waals surface area contributed by atoms with Gasteiger partial charge < -0.3 is 4.57 Å². The number of pyridine rings is 3. The summed E-state index contributed by atoms with van der Waals surface area (Å²) in [6.45, 7) is 9.44. The number of rotatable bonds is 1. The largest absolute Gasteiger partial charge is 0.308 e. The molecule has 0 bridgehead atoms. The third-order valence-corrected chi connectivity index (χ3v) is 7.77. The molecule has 0 fully saturated rings. The maximum atomic E-state index is 5.06. The third-order valence-electron chi connectivity index (χ3n) is 7.77. The molecule has 0 radical (unpaired) electrons. The van der Waals surface area contributed by atoms with Gasteiger partial charge in [-0.25, -0.2) is 0 Å². The van der Waals surface area contributed by atoms with Gasteiger partial charge >= 0.3 is 0 Å². The van der Waals surface area contributed by atoms with Crippen LogP contribution in [0.1, 0.15) is 45.2 Å². The van der Waals surface area contributed by atoms with Crippen LogP contribution in [0.15, 0.2) is 73.4 Å². The van der Waals surface area contributed by atoms with Crippen LogP contribution in [0, 0.1) is 0 Å². The Labute approximate surface area is 198 Å². The first kappa shape index (κ1) is 19.7. The number of hydrogen-bond acceptors (Lipinski definition) is 3. The zero-order valence-corrected chi connectivity index (χ0v) is 19.9. The first-order valence-electron chi connectivity index (χ1n) is 11.9. The molecule has 0 N–H and O–H groups in total. The third kappa shape index (κ3) is 2.46. The van der Waals surface area contributed by atoms with Crippen molar-refractivity contribution in [3.63, 3.8) is 0 Å². The molecule has 0 saturated heterocycles. The summed E-state index contributed by atoms with van der Waals surface area (Å²) in [6.07, 6.45) is 10.9. The molecule has 1 aliphatic carbocycles. The smallest absolute Gasteiger partial charge is 0.0784 e. The van der Waals surface area contributed by atoms with Crippen LogP contribution < -0.4 is 0 Å². The summed E-state index contributed by atoms with van der Waals surface area (Å²) in [7, 11) is 0. The average molecular weight is 443 g/mol. The summed E-state index contributed by atoms with van der Waals surface area (Å²) in [5.41, 5.74) is 7.63. The van der Waals surface area contributed by atoms with Crippen molar-refractivity contribution < 1.29 is 0 Å². The SMILES string of the molecule is CC1(C)CC(C)(C)c2c1cnc1c2ccc2c(-n3c4ccncc4c4cnccc43)cccc21. The maximum absolute atomic E-state index is 5.06. The minimum absolute atomic E-state index is 0.123. The minimum Gasteiger partial charge on any atom is -0.308 e. The quantitative estimate of drug-likeness (QED) is 0.252. The van der Waals surface area contributed by atoms with Gasteiger partial charge in [0.15, 0.2) is 0 Å². The van der Waals surface area contributed by atoms with Gasteiger partial charge in [0.05, 0.1) is 22.2 Å². The molecule has 0 saturated carbocycles. The minimum atomic E-state index is 0.123. The molecule has 0 aliphatic heterocycles. The first-order valence-corrected chi connectivity index (χ1v) is 11.9. The molecule has 4 nitrogen and oxygen atoms in total. The monoisotopic (exact) mass is 442 g/mol. The van der Waals surface area contributed by atoms with Crippen molar-refractivity contribution in [2.24, 2.45) is 0 Å². The number of hydrogen-bond donors (Lipinski definition) is 0. The van der Waals surface area contributed by atoms with Crippen molar-refractivity contribution in [1.82, 2.24) is 19.5 Å². The molecule has 4 aromatic heterocycles. The van der Waals surface area contributed by atoms with Gasteiger partial charge in [0.2, 0.25) is 0 Å². The van der Waals surface area contributed by atoms with Gasteiger partial charge in [0, 0.05) is 57.9 Å². The summed E-state index contributed by atoms with van der Waals surface area (Å²) in [4.78, 5) is 13.8. The topological polar surface area (TPSA) is 43.6 Å². The molecule has 0 atom stereocenters. The number of fused-ring (bicyclic) bond motifs is 8. The molecule has 0 spiro atoms. The van der Waals surface area contributed by atoms with Crippen molar-refractivity contribution in [3.05, 3.63) is 84.6 Å². The van der Waals surface area contributed by atoms with E-state index in [1.165, 1.54) is 27.3 Å². The zero-order valence-electron chi connectivity index (χ0n) is 19.9. The highest BCUT2D eigenvalue weighted by Gasteiger charge is 2.43. The predicted octanol–water partition coefficient (Wildman–Crippen LogP) is 7.23. The van der Waals surface area contributed by atoms with E-state index in [1.807, 2.05) is 24.8 Å². The lowest BCUT2D eigenvalue weighted by molar-refractivity contribution is 0.404. The average Bonchev–Trinajstić information content (AvgIpc) is 3.26. The normalized spacial score (nSPS) is 16.6. The number of aromatic nitrogens is 4. The summed E-state index contributed by atoms with van der Waals surface area (Å²) >= 11 is 0. The molecule has 2 aromatic carbocycles. The van der Waals surface area contributed by atoms with Crippen LogP contribution in [0.25, 0.3) is 49.2 Å². The van der Waals surface area contributed by atoms with Gasteiger partial charge in [0.1, 0.15) is 0 Å². The van der Waals surface area contributed by atoms with Crippen molar-refractivity contribution in [1.29, 1.82) is 0 Å².